The van der Waals surface area contributed by atoms with E-state index >= 15 is 0 Å². The Hall–Kier alpha value is -3.05. The molecular formula is C17H24F3N7O6S. The molecule has 1 fully saturated rings. The number of carbonyl (C=O) groups excluding carboxylic acids is 1. The summed E-state index contributed by atoms with van der Waals surface area (Å²) in [6.07, 6.45) is -2.91. The first-order valence-corrected chi connectivity index (χ1v) is 11.3. The van der Waals surface area contributed by atoms with Gasteiger partial charge in [0, 0.05) is 0 Å². The summed E-state index contributed by atoms with van der Waals surface area (Å²) >= 11 is 0. The molecule has 2 heterocycles. The number of hydrogen-bond donors (Lipinski definition) is 5. The van der Waals surface area contributed by atoms with Crippen molar-refractivity contribution in [3.63, 3.8) is 0 Å². The Balaban J connectivity index is 0.000000509. The Bertz CT molecular complexity index is 1120. The number of aromatic nitrogens is 4. The van der Waals surface area contributed by atoms with Crippen molar-refractivity contribution < 1.29 is 40.8 Å². The molecule has 1 unspecified atom stereocenters. The third kappa shape index (κ3) is 6.29. The summed E-state index contributed by atoms with van der Waals surface area (Å²) in [5, 5.41) is 19.9. The van der Waals surface area contributed by atoms with Crippen molar-refractivity contribution in [1.82, 2.24) is 25.1 Å². The van der Waals surface area contributed by atoms with E-state index in [-0.39, 0.29) is 28.3 Å². The molecule has 190 valence electrons. The van der Waals surface area contributed by atoms with E-state index in [9.17, 15) is 26.4 Å². The Labute approximate surface area is 191 Å². The Kier molecular flexibility index (Phi) is 8.05. The van der Waals surface area contributed by atoms with Crippen LogP contribution >= 0.6 is 0 Å². The first-order chi connectivity index (χ1) is 15.6. The predicted molar refractivity (Wildman–Crippen MR) is 109 cm³/mol. The van der Waals surface area contributed by atoms with Crippen molar-refractivity contribution in [3.8, 4) is 0 Å². The highest BCUT2D eigenvalue weighted by Gasteiger charge is 2.46. The normalized spacial score (nSPS) is 16.4. The number of amides is 1. The van der Waals surface area contributed by atoms with Gasteiger partial charge in [0.2, 0.25) is 21.9 Å². The van der Waals surface area contributed by atoms with E-state index in [0.717, 1.165) is 12.8 Å². The van der Waals surface area contributed by atoms with Gasteiger partial charge in [-0.15, -0.1) is 5.10 Å². The number of nitrogens with one attached hydrogen (secondary N) is 3. The van der Waals surface area contributed by atoms with Crippen LogP contribution in [0.4, 0.5) is 19.1 Å². The molecule has 0 aromatic carbocycles. The van der Waals surface area contributed by atoms with Crippen molar-refractivity contribution in [3.05, 3.63) is 17.3 Å². The maximum Gasteiger partial charge on any atom is 0.490 e. The van der Waals surface area contributed by atoms with E-state index in [1.54, 1.807) is 6.92 Å². The summed E-state index contributed by atoms with van der Waals surface area (Å²) in [6, 6.07) is -0.373. The first kappa shape index (κ1) is 27.2. The molecular weight excluding hydrogens is 487 g/mol. The molecule has 1 aliphatic carbocycles. The van der Waals surface area contributed by atoms with Gasteiger partial charge in [-0.1, -0.05) is 18.0 Å². The number of aliphatic carboxylic acids is 1. The third-order valence-electron chi connectivity index (χ3n) is 4.86. The van der Waals surface area contributed by atoms with Gasteiger partial charge < -0.3 is 15.4 Å². The van der Waals surface area contributed by atoms with E-state index in [2.05, 4.69) is 30.4 Å². The van der Waals surface area contributed by atoms with E-state index in [1.165, 1.54) is 13.8 Å². The Morgan fingerprint density at radius 3 is 2.24 bits per heavy atom. The average molecular weight is 511 g/mol. The zero-order chi connectivity index (χ0) is 25.9. The van der Waals surface area contributed by atoms with E-state index in [4.69, 9.17) is 20.2 Å². The molecule has 0 radical (unpaired) electrons. The number of aryl methyl sites for hydroxylation is 2. The van der Waals surface area contributed by atoms with Gasteiger partial charge in [0.05, 0.1) is 6.04 Å². The number of carboxylic acids is 1. The lowest BCUT2D eigenvalue weighted by atomic mass is 9.98. The molecule has 6 N–H and O–H groups in total. The summed E-state index contributed by atoms with van der Waals surface area (Å²) in [4.78, 5) is 25.9. The minimum Gasteiger partial charge on any atom is -0.475 e. The second-order valence-electron chi connectivity index (χ2n) is 7.64. The molecule has 17 heteroatoms. The average Bonchev–Trinajstić information content (AvgIpc) is 3.42. The highest BCUT2D eigenvalue weighted by atomic mass is 32.2. The summed E-state index contributed by atoms with van der Waals surface area (Å²) in [6.45, 7) is 4.77. The number of carboxylic acid groups (broad SMARTS) is 1. The van der Waals surface area contributed by atoms with Gasteiger partial charge >= 0.3 is 12.1 Å². The molecule has 1 saturated carbocycles. The molecule has 34 heavy (non-hydrogen) atoms. The fraction of sp³-hybridized carbons (Fsp3) is 0.588. The number of aromatic amines is 1. The maximum atomic E-state index is 12.9. The fourth-order valence-corrected chi connectivity index (χ4v) is 5.03. The minimum absolute atomic E-state index is 0.0429. The lowest BCUT2D eigenvalue weighted by Crippen LogP contribution is -2.55. The number of carbonyl (C=O) groups is 2. The van der Waals surface area contributed by atoms with Gasteiger partial charge in [-0.2, -0.15) is 22.9 Å². The summed E-state index contributed by atoms with van der Waals surface area (Å²) < 4.78 is 65.1. The number of rotatable bonds is 6. The lowest BCUT2D eigenvalue weighted by molar-refractivity contribution is -0.192. The van der Waals surface area contributed by atoms with E-state index in [0.29, 0.717) is 18.7 Å². The molecule has 2 aromatic heterocycles. The van der Waals surface area contributed by atoms with Crippen LogP contribution in [0.1, 0.15) is 55.9 Å². The number of halogens is 3. The smallest absolute Gasteiger partial charge is 0.475 e. The maximum absolute atomic E-state index is 12.9. The lowest BCUT2D eigenvalue weighted by Gasteiger charge is -2.27. The molecule has 0 aliphatic heterocycles. The minimum atomic E-state index is -5.08. The SMILES string of the molecule is Cc1noc(C)c1S(=O)(=O)NC1(C(=O)Nc2n[nH]c(C(C)N)n2)CCCC1.O=C(O)C(F)(F)F. The second-order valence-corrected chi connectivity index (χ2v) is 9.26. The van der Waals surface area contributed by atoms with Crippen LogP contribution < -0.4 is 15.8 Å². The topological polar surface area (TPSA) is 206 Å². The number of H-pyrrole nitrogens is 1. The van der Waals surface area contributed by atoms with Crippen LogP contribution in [0.3, 0.4) is 0 Å². The van der Waals surface area contributed by atoms with Crippen LogP contribution in [0, 0.1) is 13.8 Å². The van der Waals surface area contributed by atoms with E-state index < -0.39 is 33.6 Å². The second kappa shape index (κ2) is 10.1. The van der Waals surface area contributed by atoms with Crippen molar-refractivity contribution in [2.45, 2.75) is 69.1 Å². The van der Waals surface area contributed by atoms with Gasteiger partial charge in [0.15, 0.2) is 5.76 Å². The van der Waals surface area contributed by atoms with Crippen LogP contribution in [0.5, 0.6) is 0 Å². The molecule has 1 amide bonds. The highest BCUT2D eigenvalue weighted by molar-refractivity contribution is 7.89. The van der Waals surface area contributed by atoms with E-state index in [1.807, 2.05) is 0 Å². The summed E-state index contributed by atoms with van der Waals surface area (Å²) in [5.74, 6) is -2.63. The van der Waals surface area contributed by atoms with Crippen molar-refractivity contribution in [1.29, 1.82) is 0 Å². The summed E-state index contributed by atoms with van der Waals surface area (Å²) in [7, 11) is -4.00. The number of nitrogens with two attached hydrogens (primary N) is 1. The zero-order valence-electron chi connectivity index (χ0n) is 18.4. The summed E-state index contributed by atoms with van der Waals surface area (Å²) in [5.41, 5.74) is 4.67. The number of sulfonamides is 1. The van der Waals surface area contributed by atoms with Gasteiger partial charge in [0.25, 0.3) is 0 Å². The number of anilines is 1. The molecule has 1 aliphatic rings. The Morgan fingerprint density at radius 2 is 1.82 bits per heavy atom. The van der Waals surface area contributed by atoms with Crippen LogP contribution in [0.2, 0.25) is 0 Å². The zero-order valence-corrected chi connectivity index (χ0v) is 19.2. The van der Waals surface area contributed by atoms with Crippen LogP contribution in [0.25, 0.3) is 0 Å². The van der Waals surface area contributed by atoms with Gasteiger partial charge in [0.1, 0.15) is 22.0 Å². The van der Waals surface area contributed by atoms with Crippen molar-refractivity contribution in [2.24, 2.45) is 5.73 Å². The molecule has 0 bridgehead atoms. The quantitative estimate of drug-likeness (QED) is 0.375. The number of hydrogen-bond acceptors (Lipinski definition) is 9. The Morgan fingerprint density at radius 1 is 1.26 bits per heavy atom. The van der Waals surface area contributed by atoms with Crippen LogP contribution in [-0.2, 0) is 19.6 Å². The highest BCUT2D eigenvalue weighted by Crippen LogP contribution is 2.33. The van der Waals surface area contributed by atoms with Gasteiger partial charge in [-0.3, -0.25) is 15.2 Å². The fourth-order valence-electron chi connectivity index (χ4n) is 3.28. The largest absolute Gasteiger partial charge is 0.490 e. The van der Waals surface area contributed by atoms with Gasteiger partial charge in [-0.05, 0) is 33.6 Å². The molecule has 13 nitrogen and oxygen atoms in total. The third-order valence-corrected chi connectivity index (χ3v) is 6.64. The molecule has 3 rings (SSSR count). The predicted octanol–water partition coefficient (Wildman–Crippen LogP) is 1.29. The van der Waals surface area contributed by atoms with Crippen LogP contribution in [0.15, 0.2) is 9.42 Å². The first-order valence-electron chi connectivity index (χ1n) is 9.85. The van der Waals surface area contributed by atoms with Crippen molar-refractivity contribution >= 4 is 27.8 Å². The van der Waals surface area contributed by atoms with Crippen LogP contribution in [-0.4, -0.2) is 57.5 Å². The molecule has 0 spiro atoms. The van der Waals surface area contributed by atoms with Gasteiger partial charge in [-0.25, -0.2) is 13.2 Å². The monoisotopic (exact) mass is 511 g/mol. The number of alkyl halides is 3. The van der Waals surface area contributed by atoms with Crippen molar-refractivity contribution in [2.75, 3.05) is 5.32 Å². The standard InChI is InChI=1S/C15H23N7O4S.C2HF3O2/c1-8(16)12-17-14(20-19-12)18-13(23)15(6-4-5-7-15)22-27(24,25)11-9(2)21-26-10(11)3;3-2(4,5)1(6)7/h8,22H,4-7,16H2,1-3H3,(H2,17,18,19,20,23);(H,6,7). The molecule has 0 saturated heterocycles. The number of nitrogens with zero attached hydrogens (tertiary/aromatic N) is 3. The molecule has 2 aromatic rings. The molecule has 1 atom stereocenters.